The number of phenols is 2. The summed E-state index contributed by atoms with van der Waals surface area (Å²) in [6, 6.07) is 26.6. The highest BCUT2D eigenvalue weighted by Gasteiger charge is 2.28. The number of ether oxygens (including phenoxy) is 2. The number of aryl methyl sites for hydroxylation is 2. The van der Waals surface area contributed by atoms with Gasteiger partial charge in [-0.3, -0.25) is 0 Å². The number of carbonyl (C=O) groups excluding carboxylic acids is 2. The molecule has 0 bridgehead atoms. The normalized spacial score (nSPS) is 15.7. The fourth-order valence-corrected chi connectivity index (χ4v) is 7.82. The molecule has 0 aliphatic carbocycles. The van der Waals surface area contributed by atoms with Gasteiger partial charge in [0, 0.05) is 50.0 Å². The van der Waals surface area contributed by atoms with Crippen LogP contribution in [-0.2, 0) is 9.47 Å². The molecule has 4 N–H and O–H groups in total. The molecule has 4 heterocycles. The minimum absolute atomic E-state index is 0. The van der Waals surface area contributed by atoms with Crippen molar-refractivity contribution < 1.29 is 29.3 Å². The third-order valence-electron chi connectivity index (χ3n) is 11.1. The number of nitrogens with zero attached hydrogens (tertiary/aromatic N) is 6. The minimum Gasteiger partial charge on any atom is -0.507 e. The first-order chi connectivity index (χ1) is 30.1. The number of aromatic nitrogens is 4. The van der Waals surface area contributed by atoms with Crippen molar-refractivity contribution in [3.63, 3.8) is 0 Å². The zero-order valence-corrected chi connectivity index (χ0v) is 37.2. The Kier molecular flexibility index (Phi) is 15.8. The van der Waals surface area contributed by atoms with Gasteiger partial charge in [0.05, 0.1) is 35.4 Å². The maximum absolute atomic E-state index is 11.8. The molecule has 0 radical (unpaired) electrons. The van der Waals surface area contributed by atoms with Crippen LogP contribution in [0.25, 0.3) is 44.6 Å². The van der Waals surface area contributed by atoms with Crippen molar-refractivity contribution in [1.82, 2.24) is 30.6 Å². The molecule has 63 heavy (non-hydrogen) atoms. The summed E-state index contributed by atoms with van der Waals surface area (Å²) >= 11 is 0. The summed E-state index contributed by atoms with van der Waals surface area (Å²) in [7, 11) is 0. The average molecular weight is 877 g/mol. The Bertz CT molecular complexity index is 2350. The van der Waals surface area contributed by atoms with Crippen LogP contribution in [0.5, 0.6) is 11.5 Å². The molecule has 6 aromatic rings. The summed E-state index contributed by atoms with van der Waals surface area (Å²) < 4.78 is 10.2. The molecule has 4 aromatic carbocycles. The number of rotatable bonds is 12. The molecule has 2 amide bonds. The number of hydrogen-bond acceptors (Lipinski definition) is 12. The lowest BCUT2D eigenvalue weighted by Crippen LogP contribution is -2.31. The van der Waals surface area contributed by atoms with E-state index in [1.54, 1.807) is 24.3 Å². The molecule has 2 aliphatic rings. The number of para-hydroxylation sites is 2. The fraction of sp³-hybridized carbons (Fsp3) is 0.375. The van der Waals surface area contributed by atoms with Gasteiger partial charge >= 0.3 is 12.2 Å². The summed E-state index contributed by atoms with van der Waals surface area (Å²) in [4.78, 5) is 47.2. The monoisotopic (exact) mass is 876 g/mol. The van der Waals surface area contributed by atoms with Crippen molar-refractivity contribution in [1.29, 1.82) is 0 Å². The summed E-state index contributed by atoms with van der Waals surface area (Å²) in [5.41, 5.74) is 5.18. The Morgan fingerprint density at radius 2 is 1.05 bits per heavy atom. The van der Waals surface area contributed by atoms with E-state index in [0.29, 0.717) is 60.9 Å². The largest absolute Gasteiger partial charge is 0.507 e. The van der Waals surface area contributed by atoms with Crippen LogP contribution in [0, 0.1) is 25.7 Å². The van der Waals surface area contributed by atoms with Crippen molar-refractivity contribution in [2.75, 3.05) is 62.3 Å². The molecular weight excluding hydrogens is 820 g/mol. The Morgan fingerprint density at radius 1 is 0.635 bits per heavy atom. The van der Waals surface area contributed by atoms with E-state index >= 15 is 0 Å². The first kappa shape index (κ1) is 46.1. The quantitative estimate of drug-likeness (QED) is 0.0920. The number of hydrogen-bond donors (Lipinski definition) is 4. The highest BCUT2D eigenvalue weighted by Crippen LogP contribution is 2.36. The summed E-state index contributed by atoms with van der Waals surface area (Å²) in [6.07, 6.45) is 2.82. The molecule has 2 atom stereocenters. The number of amides is 2. The Morgan fingerprint density at radius 3 is 1.44 bits per heavy atom. The summed E-state index contributed by atoms with van der Waals surface area (Å²) in [6.45, 7) is 13.3. The molecule has 0 saturated carbocycles. The maximum Gasteiger partial charge on any atom is 0.407 e. The van der Waals surface area contributed by atoms with Crippen molar-refractivity contribution >= 4 is 58.0 Å². The molecular formula is C48H57ClN8O6. The Hall–Kier alpha value is -6.41. The van der Waals surface area contributed by atoms with Gasteiger partial charge in [0.25, 0.3) is 0 Å². The third-order valence-corrected chi connectivity index (χ3v) is 11.1. The van der Waals surface area contributed by atoms with Gasteiger partial charge in [-0.15, -0.1) is 12.4 Å². The first-order valence-corrected chi connectivity index (χ1v) is 21.5. The number of carbonyl (C=O) groups is 2. The van der Waals surface area contributed by atoms with E-state index in [2.05, 4.69) is 44.7 Å². The van der Waals surface area contributed by atoms with Crippen LogP contribution in [0.4, 0.5) is 21.2 Å². The predicted octanol–water partition coefficient (Wildman–Crippen LogP) is 8.97. The van der Waals surface area contributed by atoms with Crippen LogP contribution in [0.3, 0.4) is 0 Å². The van der Waals surface area contributed by atoms with E-state index < -0.39 is 0 Å². The van der Waals surface area contributed by atoms with Crippen LogP contribution in [0.2, 0.25) is 0 Å². The topological polar surface area (TPSA) is 175 Å². The molecule has 15 heteroatoms. The standard InChI is InChI=1S/2C24H28N4O3.ClH/c2*1-3-12-31-24(30)25-14-17-10-11-28(15-17)23-18-9-8-16(2)13-20(18)26-22(27-23)19-6-4-5-7-21(19)29;/h2*4-9,13,17,29H,3,10-12,14-15H2,1-2H3,(H,25,30);1H/t2*17-;/m00./s1. The van der Waals surface area contributed by atoms with Crippen molar-refractivity contribution in [3.05, 3.63) is 96.1 Å². The van der Waals surface area contributed by atoms with Crippen LogP contribution >= 0.6 is 12.4 Å². The van der Waals surface area contributed by atoms with Crippen molar-refractivity contribution in [2.45, 2.75) is 53.4 Å². The van der Waals surface area contributed by atoms with Gasteiger partial charge in [-0.25, -0.2) is 29.5 Å². The molecule has 2 aromatic heterocycles. The number of nitrogens with one attached hydrogen (secondary N) is 2. The van der Waals surface area contributed by atoms with Crippen molar-refractivity contribution in [2.24, 2.45) is 11.8 Å². The SMILES string of the molecule is CCCOC(=O)NC[C@@H]1CCN(c2nc(-c3ccccc3O)nc3cc(C)ccc23)C1.CCCOC(=O)NC[C@@H]1CCN(c2nc(-c3ccccc3O)nc3cc(C)ccc23)C1.Cl. The zero-order chi connectivity index (χ0) is 43.6. The van der Waals surface area contributed by atoms with Gasteiger partial charge in [-0.05, 0) is 111 Å². The summed E-state index contributed by atoms with van der Waals surface area (Å²) in [5.74, 6) is 3.70. The third kappa shape index (κ3) is 11.5. The molecule has 2 aliphatic heterocycles. The van der Waals surface area contributed by atoms with Gasteiger partial charge in [-0.1, -0.05) is 50.2 Å². The number of halogens is 1. The van der Waals surface area contributed by atoms with Gasteiger partial charge in [0.1, 0.15) is 23.1 Å². The second-order valence-electron chi connectivity index (χ2n) is 16.1. The number of aromatic hydroxyl groups is 2. The molecule has 2 fully saturated rings. The van der Waals surface area contributed by atoms with Crippen LogP contribution in [0.1, 0.15) is 50.7 Å². The maximum atomic E-state index is 11.8. The van der Waals surface area contributed by atoms with E-state index in [4.69, 9.17) is 29.4 Å². The molecule has 2 saturated heterocycles. The molecule has 332 valence electrons. The number of anilines is 2. The number of phenolic OH excluding ortho intramolecular Hbond substituents is 2. The smallest absolute Gasteiger partial charge is 0.407 e. The van der Waals surface area contributed by atoms with E-state index in [1.807, 2.05) is 64.1 Å². The molecule has 14 nitrogen and oxygen atoms in total. The van der Waals surface area contributed by atoms with Gasteiger partial charge in [0.15, 0.2) is 11.6 Å². The van der Waals surface area contributed by atoms with Crippen LogP contribution in [-0.4, -0.2) is 94.8 Å². The lowest BCUT2D eigenvalue weighted by atomic mass is 10.1. The molecule has 8 rings (SSSR count). The highest BCUT2D eigenvalue weighted by molar-refractivity contribution is 5.93. The first-order valence-electron chi connectivity index (χ1n) is 21.5. The average Bonchev–Trinajstić information content (AvgIpc) is 3.96. The highest BCUT2D eigenvalue weighted by atomic mass is 35.5. The zero-order valence-electron chi connectivity index (χ0n) is 36.3. The van der Waals surface area contributed by atoms with E-state index in [-0.39, 0.29) is 36.1 Å². The molecule has 0 spiro atoms. The second kappa shape index (κ2) is 21.6. The van der Waals surface area contributed by atoms with Crippen LogP contribution < -0.4 is 20.4 Å². The predicted molar refractivity (Wildman–Crippen MR) is 250 cm³/mol. The Labute approximate surface area is 374 Å². The van der Waals surface area contributed by atoms with E-state index in [9.17, 15) is 19.8 Å². The number of alkyl carbamates (subject to hydrolysis) is 2. The summed E-state index contributed by atoms with van der Waals surface area (Å²) in [5, 5.41) is 28.4. The number of benzene rings is 4. The van der Waals surface area contributed by atoms with Gasteiger partial charge in [-0.2, -0.15) is 0 Å². The fourth-order valence-electron chi connectivity index (χ4n) is 7.82. The molecule has 0 unspecified atom stereocenters. The lowest BCUT2D eigenvalue weighted by Gasteiger charge is -2.21. The van der Waals surface area contributed by atoms with E-state index in [1.165, 1.54) is 0 Å². The van der Waals surface area contributed by atoms with E-state index in [0.717, 1.165) is 96.4 Å². The minimum atomic E-state index is -0.356. The number of fused-ring (bicyclic) bond motifs is 2. The Balaban J connectivity index is 0.000000206. The van der Waals surface area contributed by atoms with Crippen LogP contribution in [0.15, 0.2) is 84.9 Å². The second-order valence-corrected chi connectivity index (χ2v) is 16.1. The van der Waals surface area contributed by atoms with Gasteiger partial charge in [0.2, 0.25) is 0 Å². The van der Waals surface area contributed by atoms with Crippen molar-refractivity contribution in [3.8, 4) is 34.3 Å². The lowest BCUT2D eigenvalue weighted by molar-refractivity contribution is 0.144. The van der Waals surface area contributed by atoms with Gasteiger partial charge < -0.3 is 40.1 Å².